The van der Waals surface area contributed by atoms with E-state index in [0.29, 0.717) is 23.9 Å². The third kappa shape index (κ3) is 4.64. The van der Waals surface area contributed by atoms with Gasteiger partial charge in [0.2, 0.25) is 0 Å². The van der Waals surface area contributed by atoms with E-state index in [1.165, 1.54) is 11.3 Å². The van der Waals surface area contributed by atoms with Gasteiger partial charge in [0.1, 0.15) is 0 Å². The van der Waals surface area contributed by atoms with Gasteiger partial charge in [-0.2, -0.15) is 0 Å². The van der Waals surface area contributed by atoms with Crippen molar-refractivity contribution in [3.63, 3.8) is 0 Å². The summed E-state index contributed by atoms with van der Waals surface area (Å²) >= 11 is 1.31. The predicted molar refractivity (Wildman–Crippen MR) is 120 cm³/mol. The lowest BCUT2D eigenvalue weighted by Crippen LogP contribution is -2.29. The number of hydrogen-bond donors (Lipinski definition) is 2. The topological polar surface area (TPSA) is 80.1 Å². The number of aromatic nitrogens is 1. The lowest BCUT2D eigenvalue weighted by Gasteiger charge is -2.14. The quantitative estimate of drug-likeness (QED) is 0.319. The molecule has 0 aliphatic heterocycles. The number of fused-ring (bicyclic) bond motifs is 1. The van der Waals surface area contributed by atoms with Gasteiger partial charge in [-0.1, -0.05) is 72.8 Å². The molecule has 0 saturated heterocycles. The molecule has 4 aromatic rings. The first kappa shape index (κ1) is 19.6. The fourth-order valence-corrected chi connectivity index (χ4v) is 4.04. The second-order valence-corrected chi connectivity index (χ2v) is 7.68. The number of nitro groups is 1. The van der Waals surface area contributed by atoms with Crippen LogP contribution in [-0.2, 0) is 13.1 Å². The molecular formula is C23H20N4O2S. The maximum atomic E-state index is 12.1. The summed E-state index contributed by atoms with van der Waals surface area (Å²) in [5.74, 6) is 0.353. The van der Waals surface area contributed by atoms with Crippen molar-refractivity contribution < 1.29 is 4.92 Å². The van der Waals surface area contributed by atoms with Gasteiger partial charge in [0.05, 0.1) is 15.1 Å². The van der Waals surface area contributed by atoms with Crippen LogP contribution in [0.3, 0.4) is 0 Å². The van der Waals surface area contributed by atoms with Crippen LogP contribution in [0.2, 0.25) is 0 Å². The van der Waals surface area contributed by atoms with Gasteiger partial charge in [-0.3, -0.25) is 10.1 Å². The molecule has 6 nitrogen and oxygen atoms in total. The molecule has 2 N–H and O–H groups in total. The lowest BCUT2D eigenvalue weighted by atomic mass is 10.2. The van der Waals surface area contributed by atoms with Gasteiger partial charge >= 0.3 is 5.70 Å². The number of benzene rings is 3. The minimum atomic E-state index is -0.372. The summed E-state index contributed by atoms with van der Waals surface area (Å²) in [6.45, 7) is 0.917. The maximum absolute atomic E-state index is 12.1. The maximum Gasteiger partial charge on any atom is 0.344 e. The van der Waals surface area contributed by atoms with E-state index in [1.807, 2.05) is 84.9 Å². The molecule has 0 unspecified atom stereocenters. The predicted octanol–water partition coefficient (Wildman–Crippen LogP) is 4.78. The average Bonchev–Trinajstić information content (AvgIpc) is 3.20. The standard InChI is InChI=1S/C23H20N4O2S/c28-27(29)21(23-26-19-13-7-8-14-20(19)30-23)22(24-15-17-9-3-1-4-10-17)25-16-18-11-5-2-6-12-18/h1-14,24-25H,15-16H2. The SMILES string of the molecule is O=[N+]([O-])C(=C(NCc1ccccc1)NCc1ccccc1)c1nc2ccccc2s1. The monoisotopic (exact) mass is 416 g/mol. The number of hydrogen-bond acceptors (Lipinski definition) is 6. The Morgan fingerprint density at radius 1 is 0.833 bits per heavy atom. The van der Waals surface area contributed by atoms with Crippen molar-refractivity contribution in [2.45, 2.75) is 13.1 Å². The van der Waals surface area contributed by atoms with Gasteiger partial charge in [0.15, 0.2) is 10.8 Å². The van der Waals surface area contributed by atoms with E-state index >= 15 is 0 Å². The Morgan fingerprint density at radius 3 is 1.90 bits per heavy atom. The van der Waals surface area contributed by atoms with E-state index in [2.05, 4.69) is 15.6 Å². The van der Waals surface area contributed by atoms with Gasteiger partial charge in [0.25, 0.3) is 0 Å². The van der Waals surface area contributed by atoms with E-state index in [1.54, 1.807) is 0 Å². The third-order valence-electron chi connectivity index (χ3n) is 4.54. The zero-order chi connectivity index (χ0) is 20.8. The number of para-hydroxylation sites is 1. The largest absolute Gasteiger partial charge is 0.362 e. The highest BCUT2D eigenvalue weighted by Crippen LogP contribution is 2.28. The van der Waals surface area contributed by atoms with Crippen LogP contribution in [0.1, 0.15) is 16.1 Å². The Bertz CT molecular complexity index is 1100. The van der Waals surface area contributed by atoms with Crippen molar-refractivity contribution in [3.05, 3.63) is 117 Å². The highest BCUT2D eigenvalue weighted by Gasteiger charge is 2.25. The van der Waals surface area contributed by atoms with Crippen LogP contribution < -0.4 is 10.6 Å². The fraction of sp³-hybridized carbons (Fsp3) is 0.0870. The molecule has 3 aromatic carbocycles. The molecule has 7 heteroatoms. The van der Waals surface area contributed by atoms with Crippen LogP contribution >= 0.6 is 11.3 Å². The van der Waals surface area contributed by atoms with E-state index in [0.717, 1.165) is 21.3 Å². The van der Waals surface area contributed by atoms with E-state index < -0.39 is 0 Å². The number of nitrogens with zero attached hydrogens (tertiary/aromatic N) is 2. The number of nitrogens with one attached hydrogen (secondary N) is 2. The summed E-state index contributed by atoms with van der Waals surface area (Å²) in [6, 6.07) is 27.1. The summed E-state index contributed by atoms with van der Waals surface area (Å²) < 4.78 is 0.914. The number of rotatable bonds is 8. The van der Waals surface area contributed by atoms with Gasteiger partial charge in [-0.15, -0.1) is 11.3 Å². The molecule has 30 heavy (non-hydrogen) atoms. The molecule has 0 atom stereocenters. The van der Waals surface area contributed by atoms with Crippen LogP contribution in [-0.4, -0.2) is 9.91 Å². The highest BCUT2D eigenvalue weighted by molar-refractivity contribution is 7.19. The second-order valence-electron chi connectivity index (χ2n) is 6.65. The Labute approximate surface area is 178 Å². The highest BCUT2D eigenvalue weighted by atomic mass is 32.1. The molecule has 0 fully saturated rings. The molecule has 1 heterocycles. The molecule has 0 radical (unpaired) electrons. The fourth-order valence-electron chi connectivity index (χ4n) is 3.05. The molecule has 0 aliphatic rings. The molecule has 0 aliphatic carbocycles. The van der Waals surface area contributed by atoms with Gasteiger partial charge in [-0.05, 0) is 23.3 Å². The molecule has 150 valence electrons. The molecule has 0 bridgehead atoms. The van der Waals surface area contributed by atoms with Crippen LogP contribution in [0, 0.1) is 10.1 Å². The zero-order valence-corrected chi connectivity index (χ0v) is 16.9. The third-order valence-corrected chi connectivity index (χ3v) is 5.58. The van der Waals surface area contributed by atoms with Crippen LogP contribution in [0.25, 0.3) is 15.9 Å². The molecule has 0 amide bonds. The Hall–Kier alpha value is -3.71. The molecular weight excluding hydrogens is 396 g/mol. The van der Waals surface area contributed by atoms with Crippen molar-refractivity contribution >= 4 is 27.3 Å². The first-order valence-electron chi connectivity index (χ1n) is 9.51. The Morgan fingerprint density at radius 2 is 1.37 bits per heavy atom. The first-order valence-corrected chi connectivity index (χ1v) is 10.3. The molecule has 4 rings (SSSR count). The average molecular weight is 417 g/mol. The van der Waals surface area contributed by atoms with Crippen molar-refractivity contribution in [1.82, 2.24) is 15.6 Å². The smallest absolute Gasteiger partial charge is 0.344 e. The van der Waals surface area contributed by atoms with Crippen molar-refractivity contribution in [3.8, 4) is 0 Å². The zero-order valence-electron chi connectivity index (χ0n) is 16.1. The minimum absolute atomic E-state index is 0.0527. The van der Waals surface area contributed by atoms with Crippen LogP contribution in [0.5, 0.6) is 0 Å². The minimum Gasteiger partial charge on any atom is -0.362 e. The van der Waals surface area contributed by atoms with Gasteiger partial charge in [0, 0.05) is 13.1 Å². The Kier molecular flexibility index (Phi) is 6.01. The molecule has 0 saturated carbocycles. The molecule has 1 aromatic heterocycles. The van der Waals surface area contributed by atoms with Gasteiger partial charge < -0.3 is 10.6 Å². The second kappa shape index (κ2) is 9.19. The normalized spacial score (nSPS) is 10.5. The Balaban J connectivity index is 1.70. The van der Waals surface area contributed by atoms with Gasteiger partial charge in [-0.25, -0.2) is 4.98 Å². The van der Waals surface area contributed by atoms with Crippen LogP contribution in [0.4, 0.5) is 0 Å². The van der Waals surface area contributed by atoms with E-state index in [-0.39, 0.29) is 10.6 Å². The number of thiazole rings is 1. The van der Waals surface area contributed by atoms with E-state index in [4.69, 9.17) is 0 Å². The summed E-state index contributed by atoms with van der Waals surface area (Å²) in [6.07, 6.45) is 0. The van der Waals surface area contributed by atoms with Crippen molar-refractivity contribution in [1.29, 1.82) is 0 Å². The summed E-state index contributed by atoms with van der Waals surface area (Å²) in [5.41, 5.74) is 2.76. The van der Waals surface area contributed by atoms with Crippen LogP contribution in [0.15, 0.2) is 90.8 Å². The summed E-state index contributed by atoms with van der Waals surface area (Å²) in [5, 5.41) is 18.9. The van der Waals surface area contributed by atoms with Crippen molar-refractivity contribution in [2.24, 2.45) is 0 Å². The van der Waals surface area contributed by atoms with E-state index in [9.17, 15) is 10.1 Å². The molecule has 0 spiro atoms. The van der Waals surface area contributed by atoms with Crippen molar-refractivity contribution in [2.75, 3.05) is 0 Å². The summed E-state index contributed by atoms with van der Waals surface area (Å²) in [4.78, 5) is 16.2. The first-order chi connectivity index (χ1) is 14.7. The summed E-state index contributed by atoms with van der Waals surface area (Å²) in [7, 11) is 0. The lowest BCUT2D eigenvalue weighted by molar-refractivity contribution is -0.376.